The van der Waals surface area contributed by atoms with Crippen molar-refractivity contribution in [3.63, 3.8) is 0 Å². The Balaban J connectivity index is 1.86. The molecule has 0 saturated carbocycles. The van der Waals surface area contributed by atoms with Crippen molar-refractivity contribution in [1.29, 1.82) is 0 Å². The van der Waals surface area contributed by atoms with Crippen molar-refractivity contribution >= 4 is 23.2 Å². The van der Waals surface area contributed by atoms with Gasteiger partial charge < -0.3 is 5.32 Å². The van der Waals surface area contributed by atoms with Crippen molar-refractivity contribution in [1.82, 2.24) is 4.98 Å². The molecule has 1 aromatic heterocycles. The van der Waals surface area contributed by atoms with E-state index in [-0.39, 0.29) is 21.8 Å². The Morgan fingerprint density at radius 3 is 2.34 bits per heavy atom. The van der Waals surface area contributed by atoms with Crippen LogP contribution in [0.25, 0.3) is 11.3 Å². The van der Waals surface area contributed by atoms with Gasteiger partial charge in [0.1, 0.15) is 0 Å². The fourth-order valence-electron chi connectivity index (χ4n) is 2.85. The Bertz CT molecular complexity index is 1030. The molecule has 0 radical (unpaired) electrons. The summed E-state index contributed by atoms with van der Waals surface area (Å²) >= 11 is 6.20. The standard InChI is InChI=1S/C22H18ClF3N2O/c1-13(2)14-5-8-16(9-6-14)28-21(29)15-7-10-17(19(23)12-15)20-18(22(24,25)26)4-3-11-27-20/h3-13H,1-2H3,(H,28,29). The summed E-state index contributed by atoms with van der Waals surface area (Å²) in [5.41, 5.74) is 0.939. The first kappa shape index (κ1) is 20.9. The van der Waals surface area contributed by atoms with E-state index >= 15 is 0 Å². The monoisotopic (exact) mass is 418 g/mol. The second-order valence-electron chi connectivity index (χ2n) is 6.82. The van der Waals surface area contributed by atoms with E-state index in [1.807, 2.05) is 12.1 Å². The third-order valence-electron chi connectivity index (χ3n) is 4.43. The van der Waals surface area contributed by atoms with Crippen LogP contribution in [0, 0.1) is 0 Å². The minimum atomic E-state index is -4.56. The highest BCUT2D eigenvalue weighted by atomic mass is 35.5. The van der Waals surface area contributed by atoms with Crippen molar-refractivity contribution < 1.29 is 18.0 Å². The largest absolute Gasteiger partial charge is 0.418 e. The average molecular weight is 419 g/mol. The highest BCUT2D eigenvalue weighted by Gasteiger charge is 2.34. The van der Waals surface area contributed by atoms with Gasteiger partial charge in [-0.25, -0.2) is 0 Å². The zero-order valence-corrected chi connectivity index (χ0v) is 16.5. The smallest absolute Gasteiger partial charge is 0.322 e. The molecule has 0 unspecified atom stereocenters. The van der Waals surface area contributed by atoms with Gasteiger partial charge in [0.2, 0.25) is 0 Å². The summed E-state index contributed by atoms with van der Waals surface area (Å²) in [6.07, 6.45) is -3.30. The van der Waals surface area contributed by atoms with Crippen LogP contribution < -0.4 is 5.32 Å². The molecule has 1 N–H and O–H groups in total. The molecule has 0 aliphatic rings. The number of hydrogen-bond acceptors (Lipinski definition) is 2. The van der Waals surface area contributed by atoms with Gasteiger partial charge >= 0.3 is 6.18 Å². The maximum Gasteiger partial charge on any atom is 0.418 e. The number of aromatic nitrogens is 1. The SMILES string of the molecule is CC(C)c1ccc(NC(=O)c2ccc(-c3ncccc3C(F)(F)F)c(Cl)c2)cc1. The van der Waals surface area contributed by atoms with Crippen molar-refractivity contribution in [3.8, 4) is 11.3 Å². The Morgan fingerprint density at radius 2 is 1.76 bits per heavy atom. The average Bonchev–Trinajstić information content (AvgIpc) is 2.67. The molecule has 29 heavy (non-hydrogen) atoms. The van der Waals surface area contributed by atoms with E-state index in [1.165, 1.54) is 30.5 Å². The minimum Gasteiger partial charge on any atom is -0.322 e. The molecule has 0 atom stereocenters. The van der Waals surface area contributed by atoms with Crippen molar-refractivity contribution in [2.24, 2.45) is 0 Å². The maximum atomic E-state index is 13.2. The zero-order chi connectivity index (χ0) is 21.2. The van der Waals surface area contributed by atoms with Gasteiger partial charge in [0.05, 0.1) is 16.3 Å². The quantitative estimate of drug-likeness (QED) is 0.506. The predicted octanol–water partition coefficient (Wildman–Crippen LogP) is 6.80. The first-order valence-corrected chi connectivity index (χ1v) is 9.28. The number of amides is 1. The molecule has 3 rings (SSSR count). The van der Waals surface area contributed by atoms with Gasteiger partial charge in [-0.15, -0.1) is 0 Å². The molecular weight excluding hydrogens is 401 g/mol. The van der Waals surface area contributed by atoms with E-state index in [4.69, 9.17) is 11.6 Å². The summed E-state index contributed by atoms with van der Waals surface area (Å²) in [5.74, 6) is -0.0351. The van der Waals surface area contributed by atoms with Crippen LogP contribution in [0.2, 0.25) is 5.02 Å². The lowest BCUT2D eigenvalue weighted by Crippen LogP contribution is -2.12. The molecule has 2 aromatic carbocycles. The van der Waals surface area contributed by atoms with Crippen LogP contribution in [-0.2, 0) is 6.18 Å². The fraction of sp³-hybridized carbons (Fsp3) is 0.182. The highest BCUT2D eigenvalue weighted by Crippen LogP contribution is 2.38. The van der Waals surface area contributed by atoms with E-state index < -0.39 is 17.6 Å². The number of hydrogen-bond donors (Lipinski definition) is 1. The normalized spacial score (nSPS) is 11.6. The van der Waals surface area contributed by atoms with E-state index in [9.17, 15) is 18.0 Å². The molecule has 3 aromatic rings. The summed E-state index contributed by atoms with van der Waals surface area (Å²) in [7, 11) is 0. The summed E-state index contributed by atoms with van der Waals surface area (Å²) in [6, 6.07) is 13.7. The second-order valence-corrected chi connectivity index (χ2v) is 7.23. The van der Waals surface area contributed by atoms with Gasteiger partial charge in [-0.05, 0) is 47.9 Å². The van der Waals surface area contributed by atoms with E-state index in [2.05, 4.69) is 24.1 Å². The molecule has 0 spiro atoms. The molecule has 150 valence electrons. The fourth-order valence-corrected chi connectivity index (χ4v) is 3.12. The lowest BCUT2D eigenvalue weighted by Gasteiger charge is -2.13. The number of rotatable bonds is 4. The molecule has 0 bridgehead atoms. The lowest BCUT2D eigenvalue weighted by molar-refractivity contribution is -0.137. The molecular formula is C22H18ClF3N2O. The Labute approximate surface area is 171 Å². The number of nitrogens with one attached hydrogen (secondary N) is 1. The van der Waals surface area contributed by atoms with Gasteiger partial charge in [0, 0.05) is 23.0 Å². The number of pyridine rings is 1. The molecule has 3 nitrogen and oxygen atoms in total. The number of alkyl halides is 3. The van der Waals surface area contributed by atoms with Crippen LogP contribution in [-0.4, -0.2) is 10.9 Å². The third kappa shape index (κ3) is 4.77. The van der Waals surface area contributed by atoms with Gasteiger partial charge in [-0.3, -0.25) is 9.78 Å². The predicted molar refractivity (Wildman–Crippen MR) is 108 cm³/mol. The topological polar surface area (TPSA) is 42.0 Å². The van der Waals surface area contributed by atoms with Crippen LogP contribution in [0.1, 0.15) is 41.3 Å². The third-order valence-corrected chi connectivity index (χ3v) is 4.75. The number of anilines is 1. The summed E-state index contributed by atoms with van der Waals surface area (Å²) in [6.45, 7) is 4.14. The van der Waals surface area contributed by atoms with Crippen LogP contribution in [0.15, 0.2) is 60.8 Å². The molecule has 0 fully saturated rings. The number of halogens is 4. The van der Waals surface area contributed by atoms with Crippen LogP contribution >= 0.6 is 11.6 Å². The molecule has 7 heteroatoms. The van der Waals surface area contributed by atoms with Crippen LogP contribution in [0.5, 0.6) is 0 Å². The van der Waals surface area contributed by atoms with Crippen molar-refractivity contribution in [2.75, 3.05) is 5.32 Å². The first-order chi connectivity index (χ1) is 13.7. The summed E-state index contributed by atoms with van der Waals surface area (Å²) in [5, 5.41) is 2.76. The van der Waals surface area contributed by atoms with Gasteiger partial charge in [-0.1, -0.05) is 43.6 Å². The minimum absolute atomic E-state index is 0.0111. The lowest BCUT2D eigenvalue weighted by atomic mass is 10.0. The Kier molecular flexibility index (Phi) is 5.94. The summed E-state index contributed by atoms with van der Waals surface area (Å²) in [4.78, 5) is 16.3. The van der Waals surface area contributed by atoms with Crippen LogP contribution in [0.3, 0.4) is 0 Å². The van der Waals surface area contributed by atoms with Crippen molar-refractivity contribution in [3.05, 3.63) is 82.5 Å². The number of nitrogens with zero attached hydrogens (tertiary/aromatic N) is 1. The van der Waals surface area contributed by atoms with Gasteiger partial charge in [0.15, 0.2) is 0 Å². The van der Waals surface area contributed by atoms with Crippen LogP contribution in [0.4, 0.5) is 18.9 Å². The van der Waals surface area contributed by atoms with Gasteiger partial charge in [0.25, 0.3) is 5.91 Å². The van der Waals surface area contributed by atoms with Crippen molar-refractivity contribution in [2.45, 2.75) is 25.9 Å². The number of benzene rings is 2. The Hall–Kier alpha value is -2.86. The van der Waals surface area contributed by atoms with E-state index in [1.54, 1.807) is 12.1 Å². The molecule has 0 saturated heterocycles. The molecule has 1 amide bonds. The maximum absolute atomic E-state index is 13.2. The second kappa shape index (κ2) is 8.25. The highest BCUT2D eigenvalue weighted by molar-refractivity contribution is 6.33. The van der Waals surface area contributed by atoms with E-state index in [0.29, 0.717) is 11.6 Å². The number of carbonyl (C=O) groups is 1. The molecule has 0 aliphatic heterocycles. The molecule has 0 aliphatic carbocycles. The van der Waals surface area contributed by atoms with Gasteiger partial charge in [-0.2, -0.15) is 13.2 Å². The van der Waals surface area contributed by atoms with E-state index in [0.717, 1.165) is 11.6 Å². The molecule has 1 heterocycles. The summed E-state index contributed by atoms with van der Waals surface area (Å²) < 4.78 is 39.7. The zero-order valence-electron chi connectivity index (χ0n) is 15.7. The first-order valence-electron chi connectivity index (χ1n) is 8.90. The number of carbonyl (C=O) groups excluding carboxylic acids is 1. The Morgan fingerprint density at radius 1 is 1.07 bits per heavy atom.